The molecule has 0 aliphatic carbocycles. The summed E-state index contributed by atoms with van der Waals surface area (Å²) >= 11 is 0. The highest BCUT2D eigenvalue weighted by Crippen LogP contribution is 2.37. The van der Waals surface area contributed by atoms with Crippen LogP contribution in [0.3, 0.4) is 0 Å². The summed E-state index contributed by atoms with van der Waals surface area (Å²) in [5.41, 5.74) is 2.08. The van der Waals surface area contributed by atoms with Crippen LogP contribution in [0.15, 0.2) is 12.1 Å². The minimum absolute atomic E-state index is 0.123. The molecule has 0 radical (unpaired) electrons. The number of ketones is 1. The molecule has 0 spiro atoms. The normalized spacial score (nSPS) is 18.4. The second kappa shape index (κ2) is 4.75. The van der Waals surface area contributed by atoms with E-state index in [0.717, 1.165) is 35.6 Å². The highest BCUT2D eigenvalue weighted by Gasteiger charge is 2.27. The summed E-state index contributed by atoms with van der Waals surface area (Å²) in [5.74, 6) is 1.59. The molecule has 4 heteroatoms. The highest BCUT2D eigenvalue weighted by atomic mass is 16.5. The third-order valence-electron chi connectivity index (χ3n) is 3.13. The van der Waals surface area contributed by atoms with Gasteiger partial charge in [0, 0.05) is 12.1 Å². The van der Waals surface area contributed by atoms with Gasteiger partial charge in [-0.15, -0.1) is 0 Å². The molecule has 17 heavy (non-hydrogen) atoms. The van der Waals surface area contributed by atoms with Gasteiger partial charge in [-0.1, -0.05) is 6.07 Å². The average Bonchev–Trinajstić information content (AvgIpc) is 2.36. The molecule has 0 aromatic heterocycles. The molecule has 1 N–H and O–H groups in total. The van der Waals surface area contributed by atoms with Crippen LogP contribution in [-0.2, 0) is 11.2 Å². The van der Waals surface area contributed by atoms with E-state index in [4.69, 9.17) is 9.47 Å². The van der Waals surface area contributed by atoms with Crippen molar-refractivity contribution in [1.82, 2.24) is 5.32 Å². The number of carbonyl (C=O) groups excluding carboxylic acids is 1. The van der Waals surface area contributed by atoms with E-state index >= 15 is 0 Å². The summed E-state index contributed by atoms with van der Waals surface area (Å²) < 4.78 is 10.7. The molecule has 1 aromatic carbocycles. The third kappa shape index (κ3) is 2.00. The van der Waals surface area contributed by atoms with Crippen LogP contribution in [-0.4, -0.2) is 26.5 Å². The number of benzene rings is 1. The molecular weight excluding hydrogens is 218 g/mol. The van der Waals surface area contributed by atoms with Crippen molar-refractivity contribution in [2.45, 2.75) is 19.4 Å². The molecule has 0 saturated carbocycles. The smallest absolute Gasteiger partial charge is 0.164 e. The van der Waals surface area contributed by atoms with Gasteiger partial charge in [-0.3, -0.25) is 4.79 Å². The van der Waals surface area contributed by atoms with Gasteiger partial charge in [0.15, 0.2) is 17.3 Å². The largest absolute Gasteiger partial charge is 0.493 e. The predicted octanol–water partition coefficient (Wildman–Crippen LogP) is 1.48. The molecule has 0 fully saturated rings. The van der Waals surface area contributed by atoms with Gasteiger partial charge in [0.1, 0.15) is 0 Å². The lowest BCUT2D eigenvalue weighted by molar-refractivity contribution is -0.119. The monoisotopic (exact) mass is 235 g/mol. The summed E-state index contributed by atoms with van der Waals surface area (Å²) in [5, 5.41) is 3.22. The van der Waals surface area contributed by atoms with E-state index in [1.54, 1.807) is 21.1 Å². The zero-order chi connectivity index (χ0) is 12.4. The Labute approximate surface area is 101 Å². The Morgan fingerprint density at radius 2 is 2.12 bits per heavy atom. The number of carbonyl (C=O) groups is 1. The van der Waals surface area contributed by atoms with Gasteiger partial charge < -0.3 is 14.8 Å². The van der Waals surface area contributed by atoms with Gasteiger partial charge in [0.25, 0.3) is 0 Å². The van der Waals surface area contributed by atoms with Gasteiger partial charge in [0.2, 0.25) is 0 Å². The molecule has 1 aromatic rings. The second-order valence-corrected chi connectivity index (χ2v) is 4.12. The van der Waals surface area contributed by atoms with E-state index in [2.05, 4.69) is 5.32 Å². The number of nitrogens with one attached hydrogen (secondary N) is 1. The molecule has 1 aliphatic heterocycles. The standard InChI is InChI=1S/C13H17NO3/c1-8(15)12-9-4-5-11(16-2)13(17-3)10(9)6-7-14-12/h4-5,12,14H,6-7H2,1-3H3. The molecule has 0 bridgehead atoms. The van der Waals surface area contributed by atoms with Gasteiger partial charge in [0.05, 0.1) is 20.3 Å². The van der Waals surface area contributed by atoms with E-state index in [-0.39, 0.29) is 11.8 Å². The van der Waals surface area contributed by atoms with Crippen LogP contribution in [0.25, 0.3) is 0 Å². The van der Waals surface area contributed by atoms with Crippen LogP contribution in [0, 0.1) is 0 Å². The Morgan fingerprint density at radius 3 is 2.71 bits per heavy atom. The zero-order valence-electron chi connectivity index (χ0n) is 10.4. The van der Waals surface area contributed by atoms with Crippen molar-refractivity contribution in [3.8, 4) is 11.5 Å². The fourth-order valence-corrected chi connectivity index (χ4v) is 2.35. The molecule has 0 saturated heterocycles. The van der Waals surface area contributed by atoms with Crippen molar-refractivity contribution in [2.75, 3.05) is 20.8 Å². The number of hydrogen-bond acceptors (Lipinski definition) is 4. The first-order chi connectivity index (χ1) is 8.19. The van der Waals surface area contributed by atoms with Crippen molar-refractivity contribution < 1.29 is 14.3 Å². The van der Waals surface area contributed by atoms with Crippen LogP contribution < -0.4 is 14.8 Å². The molecule has 1 aliphatic rings. The third-order valence-corrected chi connectivity index (χ3v) is 3.13. The number of rotatable bonds is 3. The zero-order valence-corrected chi connectivity index (χ0v) is 10.4. The van der Waals surface area contributed by atoms with Crippen LogP contribution in [0.5, 0.6) is 11.5 Å². The van der Waals surface area contributed by atoms with Crippen molar-refractivity contribution in [3.63, 3.8) is 0 Å². The number of fused-ring (bicyclic) bond motifs is 1. The molecule has 2 rings (SSSR count). The van der Waals surface area contributed by atoms with Gasteiger partial charge in [-0.25, -0.2) is 0 Å². The highest BCUT2D eigenvalue weighted by molar-refractivity contribution is 5.84. The molecular formula is C13H17NO3. The molecule has 1 unspecified atom stereocenters. The minimum Gasteiger partial charge on any atom is -0.493 e. The summed E-state index contributed by atoms with van der Waals surface area (Å²) in [4.78, 5) is 11.6. The Kier molecular flexibility index (Phi) is 3.33. The SMILES string of the molecule is COc1ccc2c(c1OC)CCNC2C(C)=O. The van der Waals surface area contributed by atoms with Crippen molar-refractivity contribution in [3.05, 3.63) is 23.3 Å². The first-order valence-corrected chi connectivity index (χ1v) is 5.66. The molecule has 92 valence electrons. The number of hydrogen-bond donors (Lipinski definition) is 1. The molecule has 4 nitrogen and oxygen atoms in total. The van der Waals surface area contributed by atoms with E-state index in [1.807, 2.05) is 12.1 Å². The lowest BCUT2D eigenvalue weighted by atomic mass is 9.91. The average molecular weight is 235 g/mol. The maximum atomic E-state index is 11.6. The summed E-state index contributed by atoms with van der Waals surface area (Å²) in [7, 11) is 3.25. The summed E-state index contributed by atoms with van der Waals surface area (Å²) in [6.07, 6.45) is 0.847. The van der Waals surface area contributed by atoms with E-state index < -0.39 is 0 Å². The Morgan fingerprint density at radius 1 is 1.35 bits per heavy atom. The lowest BCUT2D eigenvalue weighted by Crippen LogP contribution is -2.34. The molecule has 1 heterocycles. The quantitative estimate of drug-likeness (QED) is 0.862. The first-order valence-electron chi connectivity index (χ1n) is 5.66. The van der Waals surface area contributed by atoms with E-state index in [0.29, 0.717) is 0 Å². The van der Waals surface area contributed by atoms with Gasteiger partial charge >= 0.3 is 0 Å². The fraction of sp³-hybridized carbons (Fsp3) is 0.462. The number of methoxy groups -OCH3 is 2. The number of ether oxygens (including phenoxy) is 2. The summed E-state index contributed by atoms with van der Waals surface area (Å²) in [6, 6.07) is 3.56. The topological polar surface area (TPSA) is 47.6 Å². The minimum atomic E-state index is -0.224. The Hall–Kier alpha value is -1.55. The Bertz CT molecular complexity index is 443. The lowest BCUT2D eigenvalue weighted by Gasteiger charge is -2.27. The van der Waals surface area contributed by atoms with Gasteiger partial charge in [-0.2, -0.15) is 0 Å². The second-order valence-electron chi connectivity index (χ2n) is 4.12. The van der Waals surface area contributed by atoms with Crippen LogP contribution in [0.4, 0.5) is 0 Å². The van der Waals surface area contributed by atoms with E-state index in [9.17, 15) is 4.79 Å². The van der Waals surface area contributed by atoms with Crippen LogP contribution in [0.2, 0.25) is 0 Å². The maximum Gasteiger partial charge on any atom is 0.164 e. The van der Waals surface area contributed by atoms with Gasteiger partial charge in [-0.05, 0) is 25.0 Å². The van der Waals surface area contributed by atoms with Crippen LogP contribution >= 0.6 is 0 Å². The molecule has 0 amide bonds. The van der Waals surface area contributed by atoms with Crippen molar-refractivity contribution >= 4 is 5.78 Å². The fourth-order valence-electron chi connectivity index (χ4n) is 2.35. The van der Waals surface area contributed by atoms with Crippen LogP contribution in [0.1, 0.15) is 24.1 Å². The van der Waals surface area contributed by atoms with E-state index in [1.165, 1.54) is 0 Å². The Balaban J connectivity index is 2.54. The maximum absolute atomic E-state index is 11.6. The predicted molar refractivity (Wildman–Crippen MR) is 64.7 cm³/mol. The van der Waals surface area contributed by atoms with Crippen molar-refractivity contribution in [1.29, 1.82) is 0 Å². The molecule has 1 atom stereocenters. The summed E-state index contributed by atoms with van der Waals surface area (Å²) in [6.45, 7) is 2.38. The number of Topliss-reactive ketones (excluding diaryl/α,β-unsaturated/α-hetero) is 1. The first kappa shape index (κ1) is 11.9. The van der Waals surface area contributed by atoms with Crippen molar-refractivity contribution in [2.24, 2.45) is 0 Å².